The van der Waals surface area contributed by atoms with Crippen LogP contribution in [0.3, 0.4) is 0 Å². The van der Waals surface area contributed by atoms with E-state index in [0.717, 1.165) is 5.57 Å². The summed E-state index contributed by atoms with van der Waals surface area (Å²) in [5.41, 5.74) is 7.30. The highest BCUT2D eigenvalue weighted by molar-refractivity contribution is 5.81. The molecule has 16 heavy (non-hydrogen) atoms. The molecule has 0 unspecified atom stereocenters. The number of benzene rings is 1. The van der Waals surface area contributed by atoms with Crippen LogP contribution in [0.25, 0.3) is 16.7 Å². The second-order valence-electron chi connectivity index (χ2n) is 4.35. The van der Waals surface area contributed by atoms with Gasteiger partial charge in [0.15, 0.2) is 0 Å². The summed E-state index contributed by atoms with van der Waals surface area (Å²) in [4.78, 5) is 3.27. The summed E-state index contributed by atoms with van der Waals surface area (Å²) >= 11 is 0. The van der Waals surface area contributed by atoms with Crippen molar-refractivity contribution in [1.29, 1.82) is 0 Å². The van der Waals surface area contributed by atoms with E-state index in [1.54, 1.807) is 0 Å². The molecule has 1 aromatic heterocycles. The largest absolute Gasteiger partial charge is 0.364 e. The number of hydrogen-bond donors (Lipinski definition) is 1. The van der Waals surface area contributed by atoms with Gasteiger partial charge in [0.05, 0.1) is 0 Å². The van der Waals surface area contributed by atoms with Crippen LogP contribution in [0.4, 0.5) is 0 Å². The number of hydrogen-bond acceptors (Lipinski definition) is 0. The van der Waals surface area contributed by atoms with Crippen molar-refractivity contribution in [3.63, 3.8) is 0 Å². The van der Waals surface area contributed by atoms with Gasteiger partial charge in [-0.25, -0.2) is 0 Å². The van der Waals surface area contributed by atoms with E-state index in [1.165, 1.54) is 27.9 Å². The third-order valence-electron chi connectivity index (χ3n) is 2.87. The van der Waals surface area contributed by atoms with Gasteiger partial charge in [0.1, 0.15) is 0 Å². The van der Waals surface area contributed by atoms with Crippen LogP contribution in [0.15, 0.2) is 37.0 Å². The number of aromatic nitrogens is 1. The molecule has 0 amide bonds. The van der Waals surface area contributed by atoms with Gasteiger partial charge in [0.25, 0.3) is 0 Å². The van der Waals surface area contributed by atoms with Gasteiger partial charge in [0, 0.05) is 23.0 Å². The first kappa shape index (κ1) is 10.7. The van der Waals surface area contributed by atoms with Gasteiger partial charge in [-0.3, -0.25) is 0 Å². The van der Waals surface area contributed by atoms with Crippen LogP contribution in [0, 0.1) is 13.8 Å². The molecule has 0 bridgehead atoms. The van der Waals surface area contributed by atoms with Crippen molar-refractivity contribution in [3.05, 3.63) is 53.9 Å². The van der Waals surface area contributed by atoms with Gasteiger partial charge in [-0.15, -0.1) is 0 Å². The molecule has 0 spiro atoms. The fourth-order valence-corrected chi connectivity index (χ4v) is 2.04. The normalized spacial score (nSPS) is 10.4. The maximum Gasteiger partial charge on any atom is 0.0198 e. The average Bonchev–Trinajstić information content (AvgIpc) is 2.61. The lowest BCUT2D eigenvalue weighted by Gasteiger charge is -2.05. The van der Waals surface area contributed by atoms with Crippen LogP contribution in [0.2, 0.25) is 0 Å². The summed E-state index contributed by atoms with van der Waals surface area (Å²) < 4.78 is 0. The third kappa shape index (κ3) is 1.81. The molecular weight excluding hydrogens is 194 g/mol. The molecule has 1 nitrogen and oxygen atoms in total. The van der Waals surface area contributed by atoms with Crippen LogP contribution in [-0.2, 0) is 0 Å². The highest BCUT2D eigenvalue weighted by atomic mass is 14.7. The number of aromatic amines is 1. The van der Waals surface area contributed by atoms with Crippen molar-refractivity contribution in [2.75, 3.05) is 0 Å². The summed E-state index contributed by atoms with van der Waals surface area (Å²) in [6, 6.07) is 8.59. The van der Waals surface area contributed by atoms with E-state index in [0.29, 0.717) is 0 Å². The number of allylic oxidation sites excluding steroid dienone is 1. The van der Waals surface area contributed by atoms with Gasteiger partial charge in [0.2, 0.25) is 0 Å². The van der Waals surface area contributed by atoms with Crippen molar-refractivity contribution in [1.82, 2.24) is 4.98 Å². The Morgan fingerprint density at radius 2 is 1.75 bits per heavy atom. The number of H-pyrrole nitrogens is 1. The Balaban J connectivity index is 2.56. The lowest BCUT2D eigenvalue weighted by molar-refractivity contribution is 1.25. The van der Waals surface area contributed by atoms with Gasteiger partial charge in [-0.2, -0.15) is 0 Å². The molecule has 0 saturated heterocycles. The molecule has 0 aliphatic carbocycles. The van der Waals surface area contributed by atoms with Crippen molar-refractivity contribution in [2.24, 2.45) is 0 Å². The summed E-state index contributed by atoms with van der Waals surface area (Å²) in [5, 5.41) is 0. The molecule has 2 aromatic rings. The van der Waals surface area contributed by atoms with Crippen LogP contribution in [0.1, 0.15) is 23.7 Å². The second kappa shape index (κ2) is 4.01. The molecule has 2 rings (SSSR count). The molecule has 1 heteroatoms. The summed E-state index contributed by atoms with van der Waals surface area (Å²) in [5.74, 6) is 0. The minimum atomic E-state index is 1.11. The smallest absolute Gasteiger partial charge is 0.0198 e. The molecule has 82 valence electrons. The van der Waals surface area contributed by atoms with Crippen molar-refractivity contribution >= 4 is 5.57 Å². The first-order valence-electron chi connectivity index (χ1n) is 5.50. The maximum absolute atomic E-state index is 4.04. The minimum Gasteiger partial charge on any atom is -0.364 e. The average molecular weight is 211 g/mol. The fraction of sp³-hybridized carbons (Fsp3) is 0.200. The van der Waals surface area contributed by atoms with Crippen LogP contribution in [0.5, 0.6) is 0 Å². The van der Waals surface area contributed by atoms with Crippen molar-refractivity contribution in [3.8, 4) is 11.1 Å². The highest BCUT2D eigenvalue weighted by Gasteiger charge is 2.10. The van der Waals surface area contributed by atoms with E-state index in [1.807, 2.05) is 6.92 Å². The summed E-state index contributed by atoms with van der Waals surface area (Å²) in [7, 11) is 0. The molecule has 0 radical (unpaired) electrons. The van der Waals surface area contributed by atoms with E-state index in [2.05, 4.69) is 55.9 Å². The topological polar surface area (TPSA) is 15.8 Å². The Labute approximate surface area is 96.8 Å². The number of rotatable bonds is 2. The first-order chi connectivity index (χ1) is 7.59. The van der Waals surface area contributed by atoms with E-state index < -0.39 is 0 Å². The SMILES string of the molecule is C=C(C)c1c(-c2ccc(C)cc2)c[nH]c1C. The summed E-state index contributed by atoms with van der Waals surface area (Å²) in [6.07, 6.45) is 2.06. The van der Waals surface area contributed by atoms with E-state index >= 15 is 0 Å². The van der Waals surface area contributed by atoms with Gasteiger partial charge >= 0.3 is 0 Å². The van der Waals surface area contributed by atoms with Crippen molar-refractivity contribution in [2.45, 2.75) is 20.8 Å². The Hall–Kier alpha value is -1.76. The maximum atomic E-state index is 4.04. The zero-order chi connectivity index (χ0) is 11.7. The quantitative estimate of drug-likeness (QED) is 0.761. The second-order valence-corrected chi connectivity index (χ2v) is 4.35. The monoisotopic (exact) mass is 211 g/mol. The van der Waals surface area contributed by atoms with Crippen LogP contribution < -0.4 is 0 Å². The predicted octanol–water partition coefficient (Wildman–Crippen LogP) is 4.33. The Morgan fingerprint density at radius 3 is 2.31 bits per heavy atom. The van der Waals surface area contributed by atoms with Crippen LogP contribution in [-0.4, -0.2) is 4.98 Å². The Bertz CT molecular complexity index is 515. The van der Waals surface area contributed by atoms with Gasteiger partial charge < -0.3 is 4.98 Å². The predicted molar refractivity (Wildman–Crippen MR) is 70.4 cm³/mol. The van der Waals surface area contributed by atoms with Gasteiger partial charge in [-0.05, 0) is 31.9 Å². The lowest BCUT2D eigenvalue weighted by Crippen LogP contribution is -1.84. The first-order valence-corrected chi connectivity index (χ1v) is 5.50. The Morgan fingerprint density at radius 1 is 1.12 bits per heavy atom. The van der Waals surface area contributed by atoms with Gasteiger partial charge in [-0.1, -0.05) is 36.4 Å². The van der Waals surface area contributed by atoms with Crippen LogP contribution >= 0.6 is 0 Å². The minimum absolute atomic E-state index is 1.11. The molecule has 1 aromatic carbocycles. The molecule has 0 fully saturated rings. The molecule has 0 saturated carbocycles. The summed E-state index contributed by atoms with van der Waals surface area (Å²) in [6.45, 7) is 10.3. The van der Waals surface area contributed by atoms with E-state index in [-0.39, 0.29) is 0 Å². The standard InChI is InChI=1S/C15H17N/c1-10(2)15-12(4)16-9-14(15)13-7-5-11(3)6-8-13/h5-9,16H,1H2,2-4H3. The zero-order valence-corrected chi connectivity index (χ0v) is 10.1. The fourth-order valence-electron chi connectivity index (χ4n) is 2.04. The van der Waals surface area contributed by atoms with E-state index in [9.17, 15) is 0 Å². The molecule has 0 aliphatic heterocycles. The molecule has 0 atom stereocenters. The number of aryl methyl sites for hydroxylation is 2. The number of nitrogens with one attached hydrogen (secondary N) is 1. The molecule has 0 aliphatic rings. The third-order valence-corrected chi connectivity index (χ3v) is 2.87. The molecule has 1 N–H and O–H groups in total. The molecular formula is C15H17N. The van der Waals surface area contributed by atoms with Crippen molar-refractivity contribution < 1.29 is 0 Å². The highest BCUT2D eigenvalue weighted by Crippen LogP contribution is 2.30. The zero-order valence-electron chi connectivity index (χ0n) is 10.1. The lowest BCUT2D eigenvalue weighted by atomic mass is 9.98. The van der Waals surface area contributed by atoms with E-state index in [4.69, 9.17) is 0 Å². The Kier molecular flexibility index (Phi) is 2.69. The molecule has 1 heterocycles.